The number of carboxylic acids is 1. The van der Waals surface area contributed by atoms with Crippen molar-refractivity contribution in [1.82, 2.24) is 0 Å². The summed E-state index contributed by atoms with van der Waals surface area (Å²) < 4.78 is 0. The van der Waals surface area contributed by atoms with E-state index in [-0.39, 0.29) is 23.4 Å². The highest BCUT2D eigenvalue weighted by Crippen LogP contribution is 2.66. The standard InChI is InChI=1S/C25H40O4/c1-24-12-10-16(6-4-3-5-7-23(28)29)14-20(24)21(26)15-17-18-8-9-22(27)25(18,2)13-11-19(17)24/h16-21,26H,3-15H2,1-2H3,(H,28,29)/t16-,17?,18?,19?,20?,21-,24+,25-/m0/s1. The lowest BCUT2D eigenvalue weighted by Crippen LogP contribution is -2.57. The van der Waals surface area contributed by atoms with Gasteiger partial charge in [0, 0.05) is 18.3 Å². The van der Waals surface area contributed by atoms with Crippen molar-refractivity contribution in [3.8, 4) is 0 Å². The summed E-state index contributed by atoms with van der Waals surface area (Å²) in [7, 11) is 0. The molecule has 4 nitrogen and oxygen atoms in total. The first-order valence-electron chi connectivity index (χ1n) is 12.2. The highest BCUT2D eigenvalue weighted by atomic mass is 16.4. The molecule has 0 heterocycles. The molecule has 164 valence electrons. The molecule has 0 aromatic carbocycles. The molecule has 2 N–H and O–H groups in total. The fourth-order valence-corrected chi connectivity index (χ4v) is 8.30. The Morgan fingerprint density at radius 3 is 2.55 bits per heavy atom. The van der Waals surface area contributed by atoms with E-state index in [4.69, 9.17) is 5.11 Å². The Labute approximate surface area is 175 Å². The van der Waals surface area contributed by atoms with E-state index in [1.54, 1.807) is 0 Å². The van der Waals surface area contributed by atoms with Crippen LogP contribution in [-0.4, -0.2) is 28.1 Å². The predicted molar refractivity (Wildman–Crippen MR) is 112 cm³/mol. The Morgan fingerprint density at radius 2 is 1.79 bits per heavy atom. The molecule has 0 radical (unpaired) electrons. The number of carboxylic acid groups (broad SMARTS) is 1. The zero-order valence-electron chi connectivity index (χ0n) is 18.4. The van der Waals surface area contributed by atoms with Crippen molar-refractivity contribution in [2.45, 2.75) is 103 Å². The summed E-state index contributed by atoms with van der Waals surface area (Å²) in [4.78, 5) is 23.2. The lowest BCUT2D eigenvalue weighted by Gasteiger charge is -2.61. The zero-order chi connectivity index (χ0) is 20.8. The van der Waals surface area contributed by atoms with Crippen LogP contribution in [0.3, 0.4) is 0 Å². The molecule has 0 bridgehead atoms. The van der Waals surface area contributed by atoms with Crippen LogP contribution < -0.4 is 0 Å². The largest absolute Gasteiger partial charge is 0.481 e. The molecular weight excluding hydrogens is 364 g/mol. The first-order chi connectivity index (χ1) is 13.8. The molecule has 8 atom stereocenters. The average Bonchev–Trinajstić information content (AvgIpc) is 2.97. The Morgan fingerprint density at radius 1 is 1.00 bits per heavy atom. The van der Waals surface area contributed by atoms with Crippen LogP contribution in [0.2, 0.25) is 0 Å². The molecule has 4 aliphatic carbocycles. The van der Waals surface area contributed by atoms with Crippen LogP contribution in [0.5, 0.6) is 0 Å². The number of aliphatic hydroxyl groups is 1. The fourth-order valence-electron chi connectivity index (χ4n) is 8.30. The van der Waals surface area contributed by atoms with E-state index in [1.807, 2.05) is 0 Å². The van der Waals surface area contributed by atoms with E-state index in [0.29, 0.717) is 35.4 Å². The molecule has 4 rings (SSSR count). The van der Waals surface area contributed by atoms with Gasteiger partial charge in [-0.2, -0.15) is 0 Å². The van der Waals surface area contributed by atoms with Crippen LogP contribution in [0.25, 0.3) is 0 Å². The normalized spacial score (nSPS) is 46.7. The molecule has 0 saturated heterocycles. The highest BCUT2D eigenvalue weighted by Gasteiger charge is 2.61. The molecule has 4 aliphatic rings. The van der Waals surface area contributed by atoms with Gasteiger partial charge in [0.2, 0.25) is 0 Å². The monoisotopic (exact) mass is 404 g/mol. The minimum Gasteiger partial charge on any atom is -0.481 e. The number of aliphatic carboxylic acids is 1. The molecule has 4 saturated carbocycles. The first-order valence-corrected chi connectivity index (χ1v) is 12.2. The van der Waals surface area contributed by atoms with Crippen molar-refractivity contribution in [3.05, 3.63) is 0 Å². The summed E-state index contributed by atoms with van der Waals surface area (Å²) in [5.41, 5.74) is 0.117. The number of hydrogen-bond acceptors (Lipinski definition) is 3. The number of carbonyl (C=O) groups is 2. The Kier molecular flexibility index (Phi) is 5.87. The molecule has 4 fully saturated rings. The van der Waals surface area contributed by atoms with Crippen LogP contribution in [0.4, 0.5) is 0 Å². The van der Waals surface area contributed by atoms with Crippen LogP contribution in [0.15, 0.2) is 0 Å². The van der Waals surface area contributed by atoms with Gasteiger partial charge in [-0.25, -0.2) is 0 Å². The molecule has 4 heteroatoms. The number of ketones is 1. The fraction of sp³-hybridized carbons (Fsp3) is 0.920. The van der Waals surface area contributed by atoms with Crippen molar-refractivity contribution in [2.24, 2.45) is 40.4 Å². The van der Waals surface area contributed by atoms with Gasteiger partial charge in [0.25, 0.3) is 0 Å². The number of fused-ring (bicyclic) bond motifs is 5. The van der Waals surface area contributed by atoms with Crippen LogP contribution >= 0.6 is 0 Å². The molecule has 0 aromatic heterocycles. The van der Waals surface area contributed by atoms with Gasteiger partial charge in [-0.3, -0.25) is 9.59 Å². The minimum absolute atomic E-state index is 0.114. The van der Waals surface area contributed by atoms with Gasteiger partial charge < -0.3 is 10.2 Å². The highest BCUT2D eigenvalue weighted by molar-refractivity contribution is 5.87. The van der Waals surface area contributed by atoms with Gasteiger partial charge in [0.15, 0.2) is 0 Å². The second kappa shape index (κ2) is 7.98. The second-order valence-corrected chi connectivity index (χ2v) is 11.3. The summed E-state index contributed by atoms with van der Waals surface area (Å²) >= 11 is 0. The van der Waals surface area contributed by atoms with Gasteiger partial charge >= 0.3 is 5.97 Å². The van der Waals surface area contributed by atoms with Crippen LogP contribution in [-0.2, 0) is 9.59 Å². The summed E-state index contributed by atoms with van der Waals surface area (Å²) in [6, 6.07) is 0. The minimum atomic E-state index is -0.689. The molecular formula is C25H40O4. The van der Waals surface area contributed by atoms with Crippen molar-refractivity contribution in [2.75, 3.05) is 0 Å². The van der Waals surface area contributed by atoms with Gasteiger partial charge in [-0.1, -0.05) is 33.1 Å². The Hall–Kier alpha value is -0.900. The maximum atomic E-state index is 12.6. The van der Waals surface area contributed by atoms with Crippen LogP contribution in [0.1, 0.15) is 97.3 Å². The lowest BCUT2D eigenvalue weighted by atomic mass is 9.44. The van der Waals surface area contributed by atoms with E-state index in [2.05, 4.69) is 13.8 Å². The van der Waals surface area contributed by atoms with Crippen molar-refractivity contribution < 1.29 is 19.8 Å². The molecule has 0 aromatic rings. The van der Waals surface area contributed by atoms with Crippen molar-refractivity contribution in [1.29, 1.82) is 0 Å². The third-order valence-corrected chi connectivity index (χ3v) is 10.00. The zero-order valence-corrected chi connectivity index (χ0v) is 18.4. The maximum Gasteiger partial charge on any atom is 0.303 e. The van der Waals surface area contributed by atoms with Crippen LogP contribution in [0, 0.1) is 40.4 Å². The maximum absolute atomic E-state index is 12.6. The summed E-state index contributed by atoms with van der Waals surface area (Å²) in [6.45, 7) is 4.67. The number of Topliss-reactive ketones (excluding diaryl/α,β-unsaturated/α-hetero) is 1. The lowest BCUT2D eigenvalue weighted by molar-refractivity contribution is -0.165. The summed E-state index contributed by atoms with van der Waals surface area (Å²) in [5.74, 6) is 2.59. The average molecular weight is 405 g/mol. The third kappa shape index (κ3) is 3.68. The predicted octanol–water partition coefficient (Wildman–Crippen LogP) is 5.22. The van der Waals surface area contributed by atoms with E-state index < -0.39 is 5.97 Å². The molecule has 4 unspecified atom stereocenters. The van der Waals surface area contributed by atoms with Gasteiger partial charge in [0.1, 0.15) is 5.78 Å². The smallest absolute Gasteiger partial charge is 0.303 e. The number of rotatable bonds is 6. The molecule has 0 spiro atoms. The van der Waals surface area contributed by atoms with Gasteiger partial charge in [0.05, 0.1) is 6.10 Å². The number of hydrogen-bond donors (Lipinski definition) is 2. The SMILES string of the molecule is C[C@]12CC[C@H](CCCCCC(=O)O)CC1[C@@H](O)CC1C2CC[C@]2(C)C(=O)CCC12. The summed E-state index contributed by atoms with van der Waals surface area (Å²) in [6.07, 6.45) is 12.7. The Balaban J connectivity index is 1.39. The molecule has 0 aliphatic heterocycles. The number of carbonyl (C=O) groups excluding carboxylic acids is 1. The number of unbranched alkanes of at least 4 members (excludes halogenated alkanes) is 2. The number of aliphatic hydroxyl groups excluding tert-OH is 1. The molecule has 0 amide bonds. The second-order valence-electron chi connectivity index (χ2n) is 11.3. The van der Waals surface area contributed by atoms with Crippen molar-refractivity contribution >= 4 is 11.8 Å². The third-order valence-electron chi connectivity index (χ3n) is 10.00. The quantitative estimate of drug-likeness (QED) is 0.595. The van der Waals surface area contributed by atoms with E-state index >= 15 is 0 Å². The van der Waals surface area contributed by atoms with Gasteiger partial charge in [-0.15, -0.1) is 0 Å². The Bertz CT molecular complexity index is 645. The van der Waals surface area contributed by atoms with E-state index in [1.165, 1.54) is 25.7 Å². The van der Waals surface area contributed by atoms with E-state index in [0.717, 1.165) is 51.4 Å². The van der Waals surface area contributed by atoms with Gasteiger partial charge in [-0.05, 0) is 86.4 Å². The topological polar surface area (TPSA) is 74.6 Å². The summed E-state index contributed by atoms with van der Waals surface area (Å²) in [5, 5.41) is 20.0. The molecule has 29 heavy (non-hydrogen) atoms. The van der Waals surface area contributed by atoms with Crippen molar-refractivity contribution in [3.63, 3.8) is 0 Å². The van der Waals surface area contributed by atoms with E-state index in [9.17, 15) is 14.7 Å². The first kappa shape index (κ1) is 21.3.